The molecule has 2 rings (SSSR count). The monoisotopic (exact) mass is 360 g/mol. The third-order valence-electron chi connectivity index (χ3n) is 3.90. The van der Waals surface area contributed by atoms with Crippen molar-refractivity contribution in [3.63, 3.8) is 0 Å². The summed E-state index contributed by atoms with van der Waals surface area (Å²) in [5, 5.41) is 8.17. The van der Waals surface area contributed by atoms with E-state index in [1.54, 1.807) is 18.2 Å². The molecule has 5 nitrogen and oxygen atoms in total. The number of nitrogens with one attached hydrogen (secondary N) is 1. The molecule has 0 bridgehead atoms. The number of primary sulfonamides is 1. The molecule has 134 valence electrons. The van der Waals surface area contributed by atoms with Crippen LogP contribution >= 0.6 is 0 Å². The van der Waals surface area contributed by atoms with Gasteiger partial charge in [0.2, 0.25) is 15.9 Å². The molecule has 2 aromatic rings. The maximum absolute atomic E-state index is 11.8. The van der Waals surface area contributed by atoms with E-state index in [1.807, 2.05) is 24.3 Å². The molecule has 0 saturated carbocycles. The van der Waals surface area contributed by atoms with Crippen molar-refractivity contribution < 1.29 is 13.2 Å². The van der Waals surface area contributed by atoms with E-state index in [-0.39, 0.29) is 10.8 Å². The molecular weight excluding hydrogens is 336 g/mol. The zero-order chi connectivity index (χ0) is 18.4. The second-order valence-corrected chi connectivity index (χ2v) is 7.98. The van der Waals surface area contributed by atoms with Crippen LogP contribution in [0.15, 0.2) is 53.4 Å². The zero-order valence-corrected chi connectivity index (χ0v) is 15.3. The van der Waals surface area contributed by atoms with Crippen molar-refractivity contribution in [3.8, 4) is 11.1 Å². The van der Waals surface area contributed by atoms with Gasteiger partial charge in [0.15, 0.2) is 0 Å². The van der Waals surface area contributed by atoms with Gasteiger partial charge in [-0.15, -0.1) is 0 Å². The number of amides is 1. The quantitative estimate of drug-likeness (QED) is 0.795. The predicted molar refractivity (Wildman–Crippen MR) is 99.2 cm³/mol. The molecule has 0 aliphatic rings. The summed E-state index contributed by atoms with van der Waals surface area (Å²) in [5.74, 6) is 0.543. The summed E-state index contributed by atoms with van der Waals surface area (Å²) >= 11 is 0. The van der Waals surface area contributed by atoms with Crippen molar-refractivity contribution in [3.05, 3.63) is 54.1 Å². The molecule has 0 aliphatic heterocycles. The first-order chi connectivity index (χ1) is 11.8. The molecular formula is C19H24N2O3S. The fraction of sp³-hybridized carbons (Fsp3) is 0.316. The van der Waals surface area contributed by atoms with E-state index < -0.39 is 10.0 Å². The molecule has 0 unspecified atom stereocenters. The molecule has 0 aromatic heterocycles. The Bertz CT molecular complexity index is 828. The van der Waals surface area contributed by atoms with Crippen molar-refractivity contribution in [1.29, 1.82) is 0 Å². The van der Waals surface area contributed by atoms with Crippen molar-refractivity contribution in [2.24, 2.45) is 11.1 Å². The maximum Gasteiger partial charge on any atom is 0.238 e. The van der Waals surface area contributed by atoms with Crippen LogP contribution in [0, 0.1) is 5.92 Å². The average molecular weight is 360 g/mol. The second-order valence-electron chi connectivity index (χ2n) is 6.45. The van der Waals surface area contributed by atoms with Crippen LogP contribution < -0.4 is 10.5 Å². The molecule has 6 heteroatoms. The molecule has 3 N–H and O–H groups in total. The maximum atomic E-state index is 11.8. The topological polar surface area (TPSA) is 89.3 Å². The summed E-state index contributed by atoms with van der Waals surface area (Å²) in [6, 6.07) is 14.0. The van der Waals surface area contributed by atoms with Crippen LogP contribution in [0.1, 0.15) is 32.3 Å². The largest absolute Gasteiger partial charge is 0.352 e. The lowest BCUT2D eigenvalue weighted by Gasteiger charge is -2.10. The lowest BCUT2D eigenvalue weighted by molar-refractivity contribution is -0.121. The Hall–Kier alpha value is -2.18. The fourth-order valence-electron chi connectivity index (χ4n) is 2.46. The smallest absolute Gasteiger partial charge is 0.238 e. The van der Waals surface area contributed by atoms with Crippen LogP contribution in [0.4, 0.5) is 0 Å². The van der Waals surface area contributed by atoms with E-state index in [0.29, 0.717) is 24.4 Å². The van der Waals surface area contributed by atoms with Crippen molar-refractivity contribution in [2.45, 2.75) is 38.1 Å². The lowest BCUT2D eigenvalue weighted by Crippen LogP contribution is -2.22. The number of rotatable bonds is 7. The predicted octanol–water partition coefficient (Wildman–Crippen LogP) is 3.05. The molecule has 0 radical (unpaired) electrons. The van der Waals surface area contributed by atoms with Gasteiger partial charge in [0.25, 0.3) is 0 Å². The molecule has 0 atom stereocenters. The van der Waals surface area contributed by atoms with Gasteiger partial charge in [0.1, 0.15) is 0 Å². The van der Waals surface area contributed by atoms with Crippen molar-refractivity contribution >= 4 is 15.9 Å². The van der Waals surface area contributed by atoms with Gasteiger partial charge in [-0.3, -0.25) is 4.79 Å². The zero-order valence-electron chi connectivity index (χ0n) is 14.5. The minimum atomic E-state index is -3.78. The van der Waals surface area contributed by atoms with Gasteiger partial charge in [-0.25, -0.2) is 13.6 Å². The highest BCUT2D eigenvalue weighted by molar-refractivity contribution is 7.89. The summed E-state index contributed by atoms with van der Waals surface area (Å²) in [4.78, 5) is 11.9. The molecule has 1 amide bonds. The van der Waals surface area contributed by atoms with Crippen LogP contribution in [-0.2, 0) is 21.4 Å². The van der Waals surface area contributed by atoms with E-state index in [1.165, 1.54) is 6.07 Å². The van der Waals surface area contributed by atoms with Gasteiger partial charge in [-0.05, 0) is 29.5 Å². The van der Waals surface area contributed by atoms with Gasteiger partial charge >= 0.3 is 0 Å². The number of sulfonamides is 1. The summed E-state index contributed by atoms with van der Waals surface area (Å²) in [7, 11) is -3.78. The van der Waals surface area contributed by atoms with Crippen molar-refractivity contribution in [2.75, 3.05) is 0 Å². The molecule has 0 spiro atoms. The second kappa shape index (κ2) is 8.27. The Balaban J connectivity index is 2.07. The first kappa shape index (κ1) is 19.1. The Kier molecular flexibility index (Phi) is 6.33. The third kappa shape index (κ3) is 5.69. The summed E-state index contributed by atoms with van der Waals surface area (Å²) in [6.07, 6.45) is 1.40. The minimum Gasteiger partial charge on any atom is -0.352 e. The molecule has 0 saturated heterocycles. The first-order valence-corrected chi connectivity index (χ1v) is 9.80. The molecule has 0 fully saturated rings. The number of nitrogens with two attached hydrogens (primary N) is 1. The van der Waals surface area contributed by atoms with E-state index >= 15 is 0 Å². The highest BCUT2D eigenvalue weighted by atomic mass is 32.2. The van der Waals surface area contributed by atoms with E-state index in [9.17, 15) is 13.2 Å². The SMILES string of the molecule is CC(C)CCC(=O)NCc1ccc(-c2ccccc2S(N)(=O)=O)cc1. The van der Waals surface area contributed by atoms with Crippen molar-refractivity contribution in [1.82, 2.24) is 5.32 Å². The Morgan fingerprint density at radius 3 is 2.32 bits per heavy atom. The summed E-state index contributed by atoms with van der Waals surface area (Å²) in [6.45, 7) is 4.63. The number of carbonyl (C=O) groups excluding carboxylic acids is 1. The normalized spacial score (nSPS) is 11.5. The number of carbonyl (C=O) groups is 1. The van der Waals surface area contributed by atoms with Crippen LogP contribution in [0.3, 0.4) is 0 Å². The summed E-state index contributed by atoms with van der Waals surface area (Å²) < 4.78 is 23.4. The van der Waals surface area contributed by atoms with Crippen LogP contribution in [0.5, 0.6) is 0 Å². The molecule has 0 aliphatic carbocycles. The van der Waals surface area contributed by atoms with Crippen LogP contribution in [-0.4, -0.2) is 14.3 Å². The van der Waals surface area contributed by atoms with E-state index in [2.05, 4.69) is 19.2 Å². The van der Waals surface area contributed by atoms with E-state index in [0.717, 1.165) is 17.5 Å². The van der Waals surface area contributed by atoms with Crippen LogP contribution in [0.2, 0.25) is 0 Å². The lowest BCUT2D eigenvalue weighted by atomic mass is 10.0. The number of hydrogen-bond acceptors (Lipinski definition) is 3. The molecule has 25 heavy (non-hydrogen) atoms. The van der Waals surface area contributed by atoms with Gasteiger partial charge in [-0.2, -0.15) is 0 Å². The highest BCUT2D eigenvalue weighted by Gasteiger charge is 2.14. The first-order valence-electron chi connectivity index (χ1n) is 8.25. The highest BCUT2D eigenvalue weighted by Crippen LogP contribution is 2.26. The Labute approximate surface area is 149 Å². The van der Waals surface area contributed by atoms with Gasteiger partial charge in [0.05, 0.1) is 4.90 Å². The standard InChI is InChI=1S/C19H24N2O3S/c1-14(2)7-12-19(22)21-13-15-8-10-16(11-9-15)17-5-3-4-6-18(17)25(20,23)24/h3-6,8-11,14H,7,12-13H2,1-2H3,(H,21,22)(H2,20,23,24). The third-order valence-corrected chi connectivity index (χ3v) is 4.87. The number of benzene rings is 2. The number of hydrogen-bond donors (Lipinski definition) is 2. The molecule has 0 heterocycles. The van der Waals surface area contributed by atoms with E-state index in [4.69, 9.17) is 5.14 Å². The molecule has 2 aromatic carbocycles. The van der Waals surface area contributed by atoms with Gasteiger partial charge in [0, 0.05) is 18.5 Å². The van der Waals surface area contributed by atoms with Gasteiger partial charge < -0.3 is 5.32 Å². The average Bonchev–Trinajstić information content (AvgIpc) is 2.58. The minimum absolute atomic E-state index is 0.0392. The summed E-state index contributed by atoms with van der Waals surface area (Å²) in [5.41, 5.74) is 2.28. The van der Waals surface area contributed by atoms with Gasteiger partial charge in [-0.1, -0.05) is 56.3 Å². The fourth-order valence-corrected chi connectivity index (χ4v) is 3.22. The Morgan fingerprint density at radius 2 is 1.72 bits per heavy atom. The van der Waals surface area contributed by atoms with Crippen LogP contribution in [0.25, 0.3) is 11.1 Å². The Morgan fingerprint density at radius 1 is 1.08 bits per heavy atom.